The van der Waals surface area contributed by atoms with Crippen LogP contribution in [0.2, 0.25) is 5.02 Å². The van der Waals surface area contributed by atoms with Gasteiger partial charge in [-0.15, -0.1) is 12.4 Å². The average molecular weight is 352 g/mol. The van der Waals surface area contributed by atoms with Gasteiger partial charge in [-0.25, -0.2) is 0 Å². The number of amides is 1. The van der Waals surface area contributed by atoms with Crippen LogP contribution in [-0.2, 0) is 0 Å². The lowest BCUT2D eigenvalue weighted by Gasteiger charge is -2.29. The maximum Gasteiger partial charge on any atom is 0.255 e. The highest BCUT2D eigenvalue weighted by molar-refractivity contribution is 6.30. The summed E-state index contributed by atoms with van der Waals surface area (Å²) in [6, 6.07) is 14.8. The van der Waals surface area contributed by atoms with Crippen molar-refractivity contribution in [2.24, 2.45) is 0 Å². The van der Waals surface area contributed by atoms with Crippen LogP contribution in [0, 0.1) is 0 Å². The van der Waals surface area contributed by atoms with Crippen LogP contribution in [0.1, 0.15) is 10.4 Å². The predicted molar refractivity (Wildman–Crippen MR) is 98.2 cm³/mol. The van der Waals surface area contributed by atoms with E-state index in [1.165, 1.54) is 5.69 Å². The van der Waals surface area contributed by atoms with E-state index in [1.807, 2.05) is 24.3 Å². The minimum atomic E-state index is -0.133. The number of hydrogen-bond acceptors (Lipinski definition) is 3. The van der Waals surface area contributed by atoms with E-state index in [-0.39, 0.29) is 18.3 Å². The fourth-order valence-corrected chi connectivity index (χ4v) is 2.61. The summed E-state index contributed by atoms with van der Waals surface area (Å²) < 4.78 is 0. The highest BCUT2D eigenvalue weighted by Gasteiger charge is 2.10. The Labute approximate surface area is 147 Å². The van der Waals surface area contributed by atoms with Crippen molar-refractivity contribution in [3.05, 3.63) is 59.1 Å². The van der Waals surface area contributed by atoms with Gasteiger partial charge in [0.05, 0.1) is 0 Å². The van der Waals surface area contributed by atoms with E-state index in [1.54, 1.807) is 24.3 Å². The molecule has 23 heavy (non-hydrogen) atoms. The van der Waals surface area contributed by atoms with Crippen LogP contribution in [0.4, 0.5) is 11.4 Å². The number of carbonyl (C=O) groups is 1. The van der Waals surface area contributed by atoms with Crippen molar-refractivity contribution in [3.63, 3.8) is 0 Å². The standard InChI is InChI=1S/C17H18ClN3O.ClH/c18-14-3-1-13(2-4-14)17(22)20-15-5-7-16(8-6-15)21-11-9-19-10-12-21;/h1-8,19H,9-12H2,(H,20,22);1H. The molecule has 0 aromatic heterocycles. The van der Waals surface area contributed by atoms with E-state index in [2.05, 4.69) is 15.5 Å². The first-order valence-corrected chi connectivity index (χ1v) is 7.73. The largest absolute Gasteiger partial charge is 0.369 e. The van der Waals surface area contributed by atoms with Crippen LogP contribution in [0.15, 0.2) is 48.5 Å². The zero-order valence-corrected chi connectivity index (χ0v) is 14.2. The Morgan fingerprint density at radius 3 is 2.22 bits per heavy atom. The first kappa shape index (κ1) is 17.6. The SMILES string of the molecule is Cl.O=C(Nc1ccc(N2CCNCC2)cc1)c1ccc(Cl)cc1. The Kier molecular flexibility index (Phi) is 6.28. The molecule has 122 valence electrons. The summed E-state index contributed by atoms with van der Waals surface area (Å²) in [5, 5.41) is 6.85. The van der Waals surface area contributed by atoms with Gasteiger partial charge in [0.1, 0.15) is 0 Å². The molecule has 0 unspecified atom stereocenters. The molecule has 0 bridgehead atoms. The van der Waals surface area contributed by atoms with Crippen LogP contribution in [0.25, 0.3) is 0 Å². The Bertz CT molecular complexity index is 638. The molecule has 0 atom stereocenters. The van der Waals surface area contributed by atoms with E-state index in [0.29, 0.717) is 10.6 Å². The van der Waals surface area contributed by atoms with E-state index >= 15 is 0 Å². The highest BCUT2D eigenvalue weighted by Crippen LogP contribution is 2.19. The van der Waals surface area contributed by atoms with Crippen molar-refractivity contribution < 1.29 is 4.79 Å². The monoisotopic (exact) mass is 351 g/mol. The summed E-state index contributed by atoms with van der Waals surface area (Å²) in [4.78, 5) is 14.5. The van der Waals surface area contributed by atoms with Crippen molar-refractivity contribution in [1.29, 1.82) is 0 Å². The molecule has 2 N–H and O–H groups in total. The van der Waals surface area contributed by atoms with Gasteiger partial charge < -0.3 is 15.5 Å². The van der Waals surface area contributed by atoms with Gasteiger partial charge in [0.15, 0.2) is 0 Å². The Hall–Kier alpha value is -1.75. The summed E-state index contributed by atoms with van der Waals surface area (Å²) in [6.45, 7) is 4.04. The summed E-state index contributed by atoms with van der Waals surface area (Å²) in [5.41, 5.74) is 2.57. The van der Waals surface area contributed by atoms with Gasteiger partial charge in [-0.2, -0.15) is 0 Å². The van der Waals surface area contributed by atoms with Crippen molar-refractivity contribution in [3.8, 4) is 0 Å². The summed E-state index contributed by atoms with van der Waals surface area (Å²) in [7, 11) is 0. The van der Waals surface area contributed by atoms with Crippen LogP contribution < -0.4 is 15.5 Å². The molecule has 2 aromatic carbocycles. The van der Waals surface area contributed by atoms with Crippen LogP contribution in [-0.4, -0.2) is 32.1 Å². The molecule has 1 saturated heterocycles. The number of nitrogens with zero attached hydrogens (tertiary/aromatic N) is 1. The third kappa shape index (κ3) is 4.61. The first-order chi connectivity index (χ1) is 10.7. The zero-order chi connectivity index (χ0) is 15.4. The predicted octanol–water partition coefficient (Wildman–Crippen LogP) is 3.42. The van der Waals surface area contributed by atoms with Gasteiger partial charge in [-0.1, -0.05) is 11.6 Å². The summed E-state index contributed by atoms with van der Waals surface area (Å²) in [5.74, 6) is -0.133. The summed E-state index contributed by atoms with van der Waals surface area (Å²) in [6.07, 6.45) is 0. The molecule has 2 aromatic rings. The molecule has 1 fully saturated rings. The second-order valence-electron chi connectivity index (χ2n) is 5.24. The lowest BCUT2D eigenvalue weighted by atomic mass is 10.2. The lowest BCUT2D eigenvalue weighted by molar-refractivity contribution is 0.102. The van der Waals surface area contributed by atoms with E-state index < -0.39 is 0 Å². The molecule has 1 aliphatic rings. The minimum absolute atomic E-state index is 0. The van der Waals surface area contributed by atoms with Gasteiger partial charge >= 0.3 is 0 Å². The summed E-state index contributed by atoms with van der Waals surface area (Å²) >= 11 is 5.83. The molecule has 0 spiro atoms. The minimum Gasteiger partial charge on any atom is -0.369 e. The van der Waals surface area contributed by atoms with Gasteiger partial charge in [-0.3, -0.25) is 4.79 Å². The molecule has 0 saturated carbocycles. The topological polar surface area (TPSA) is 44.4 Å². The molecule has 0 radical (unpaired) electrons. The van der Waals surface area contributed by atoms with Crippen LogP contribution >= 0.6 is 24.0 Å². The van der Waals surface area contributed by atoms with Crippen molar-refractivity contribution in [2.75, 3.05) is 36.4 Å². The van der Waals surface area contributed by atoms with Crippen molar-refractivity contribution >= 4 is 41.3 Å². The molecule has 6 heteroatoms. The second kappa shape index (κ2) is 8.20. The number of rotatable bonds is 3. The maximum absolute atomic E-state index is 12.1. The normalized spacial score (nSPS) is 14.0. The third-order valence-electron chi connectivity index (χ3n) is 3.71. The molecule has 3 rings (SSSR count). The Morgan fingerprint density at radius 1 is 1.00 bits per heavy atom. The van der Waals surface area contributed by atoms with Gasteiger partial charge in [-0.05, 0) is 48.5 Å². The van der Waals surface area contributed by atoms with Gasteiger partial charge in [0, 0.05) is 48.1 Å². The molecule has 0 aliphatic carbocycles. The number of nitrogens with one attached hydrogen (secondary N) is 2. The smallest absolute Gasteiger partial charge is 0.255 e. The number of anilines is 2. The highest BCUT2D eigenvalue weighted by atomic mass is 35.5. The third-order valence-corrected chi connectivity index (χ3v) is 3.97. The zero-order valence-electron chi connectivity index (χ0n) is 12.6. The fourth-order valence-electron chi connectivity index (χ4n) is 2.48. The van der Waals surface area contributed by atoms with Crippen molar-refractivity contribution in [2.45, 2.75) is 0 Å². The molecule has 1 amide bonds. The molecule has 4 nitrogen and oxygen atoms in total. The number of hydrogen-bond donors (Lipinski definition) is 2. The average Bonchev–Trinajstić information content (AvgIpc) is 2.57. The number of halogens is 2. The van der Waals surface area contributed by atoms with Crippen LogP contribution in [0.3, 0.4) is 0 Å². The fraction of sp³-hybridized carbons (Fsp3) is 0.235. The Morgan fingerprint density at radius 2 is 1.61 bits per heavy atom. The Balaban J connectivity index is 0.00000192. The van der Waals surface area contributed by atoms with Gasteiger partial charge in [0.2, 0.25) is 0 Å². The van der Waals surface area contributed by atoms with Gasteiger partial charge in [0.25, 0.3) is 5.91 Å². The number of benzene rings is 2. The molecular weight excluding hydrogens is 333 g/mol. The van der Waals surface area contributed by atoms with Crippen molar-refractivity contribution in [1.82, 2.24) is 5.32 Å². The van der Waals surface area contributed by atoms with E-state index in [9.17, 15) is 4.79 Å². The number of carbonyl (C=O) groups excluding carboxylic acids is 1. The van der Waals surface area contributed by atoms with Crippen LogP contribution in [0.5, 0.6) is 0 Å². The quantitative estimate of drug-likeness (QED) is 0.890. The molecular formula is C17H19Cl2N3O. The lowest BCUT2D eigenvalue weighted by Crippen LogP contribution is -2.43. The first-order valence-electron chi connectivity index (χ1n) is 7.35. The molecule has 1 heterocycles. The second-order valence-corrected chi connectivity index (χ2v) is 5.68. The maximum atomic E-state index is 12.1. The number of piperazine rings is 1. The molecule has 1 aliphatic heterocycles. The van der Waals surface area contributed by atoms with E-state index in [4.69, 9.17) is 11.6 Å². The van der Waals surface area contributed by atoms with E-state index in [0.717, 1.165) is 31.9 Å².